The first kappa shape index (κ1) is 18.7. The van der Waals surface area contributed by atoms with Crippen LogP contribution >= 0.6 is 11.3 Å². The van der Waals surface area contributed by atoms with Crippen molar-refractivity contribution in [3.8, 4) is 11.5 Å². The number of aliphatic imine (C=N–C) groups is 1. The molecule has 0 spiro atoms. The summed E-state index contributed by atoms with van der Waals surface area (Å²) in [7, 11) is 1.49. The Balaban J connectivity index is 1.78. The summed E-state index contributed by atoms with van der Waals surface area (Å²) in [5.41, 5.74) is 0.874. The molecular weight excluding hydrogens is 370 g/mol. The molecule has 0 bridgehead atoms. The minimum absolute atomic E-state index is 0.195. The summed E-state index contributed by atoms with van der Waals surface area (Å²) in [5, 5.41) is 1.88. The fraction of sp³-hybridized carbons (Fsp3) is 0.211. The van der Waals surface area contributed by atoms with Gasteiger partial charge >= 0.3 is 11.9 Å². The van der Waals surface area contributed by atoms with Crippen LogP contribution in [0.15, 0.2) is 46.4 Å². The summed E-state index contributed by atoms with van der Waals surface area (Å²) in [6.45, 7) is 1.79. The van der Waals surface area contributed by atoms with E-state index in [1.54, 1.807) is 31.2 Å². The van der Waals surface area contributed by atoms with Crippen molar-refractivity contribution in [2.24, 2.45) is 4.99 Å². The fourth-order valence-electron chi connectivity index (χ4n) is 2.31. The van der Waals surface area contributed by atoms with Crippen molar-refractivity contribution >= 4 is 35.2 Å². The Labute approximate surface area is 159 Å². The SMILES string of the molecule is CCOC(=O)COc1ccc(C=C2N=C(c3cccs3)OC2=O)cc1OC. The normalized spacial score (nSPS) is 14.7. The molecule has 1 aliphatic rings. The second-order valence-electron chi connectivity index (χ2n) is 5.32. The number of carbonyl (C=O) groups excluding carboxylic acids is 2. The van der Waals surface area contributed by atoms with E-state index in [9.17, 15) is 9.59 Å². The molecule has 7 nitrogen and oxygen atoms in total. The summed E-state index contributed by atoms with van der Waals surface area (Å²) >= 11 is 1.44. The number of cyclic esters (lactones) is 1. The lowest BCUT2D eigenvalue weighted by atomic mass is 10.1. The molecule has 0 aliphatic carbocycles. The van der Waals surface area contributed by atoms with Crippen LogP contribution in [0.3, 0.4) is 0 Å². The van der Waals surface area contributed by atoms with Gasteiger partial charge in [0.25, 0.3) is 0 Å². The Morgan fingerprint density at radius 2 is 2.15 bits per heavy atom. The monoisotopic (exact) mass is 387 g/mol. The second kappa shape index (κ2) is 8.50. The van der Waals surface area contributed by atoms with Crippen LogP contribution in [0.5, 0.6) is 11.5 Å². The molecule has 1 aromatic heterocycles. The van der Waals surface area contributed by atoms with Crippen molar-refractivity contribution < 1.29 is 28.5 Å². The van der Waals surface area contributed by atoms with Gasteiger partial charge in [-0.25, -0.2) is 14.6 Å². The van der Waals surface area contributed by atoms with Crippen LogP contribution in [0.25, 0.3) is 6.08 Å². The summed E-state index contributed by atoms with van der Waals surface area (Å²) in [6.07, 6.45) is 1.60. The number of esters is 2. The third kappa shape index (κ3) is 4.53. The van der Waals surface area contributed by atoms with Gasteiger partial charge in [-0.15, -0.1) is 11.3 Å². The minimum Gasteiger partial charge on any atom is -0.493 e. The minimum atomic E-state index is -0.514. The molecule has 1 aliphatic heterocycles. The molecule has 0 N–H and O–H groups in total. The zero-order valence-electron chi connectivity index (χ0n) is 14.8. The highest BCUT2D eigenvalue weighted by Crippen LogP contribution is 2.30. The summed E-state index contributed by atoms with van der Waals surface area (Å²) in [4.78, 5) is 28.5. The highest BCUT2D eigenvalue weighted by molar-refractivity contribution is 7.12. The first-order valence-corrected chi connectivity index (χ1v) is 9.01. The highest BCUT2D eigenvalue weighted by Gasteiger charge is 2.24. The third-order valence-corrected chi connectivity index (χ3v) is 4.35. The largest absolute Gasteiger partial charge is 0.493 e. The lowest BCUT2D eigenvalue weighted by molar-refractivity contribution is -0.145. The standard InChI is InChI=1S/C19H17NO6S/c1-3-24-17(21)11-25-14-7-6-12(10-15(14)23-2)9-13-19(22)26-18(20-13)16-5-4-8-27-16/h4-10H,3,11H2,1-2H3. The summed E-state index contributed by atoms with van der Waals surface area (Å²) in [6, 6.07) is 8.74. The molecule has 140 valence electrons. The fourth-order valence-corrected chi connectivity index (χ4v) is 2.95. The van der Waals surface area contributed by atoms with E-state index >= 15 is 0 Å². The van der Waals surface area contributed by atoms with Crippen molar-refractivity contribution in [2.75, 3.05) is 20.3 Å². The second-order valence-corrected chi connectivity index (χ2v) is 6.27. The van der Waals surface area contributed by atoms with Gasteiger partial charge in [0.05, 0.1) is 18.6 Å². The van der Waals surface area contributed by atoms with E-state index < -0.39 is 11.9 Å². The van der Waals surface area contributed by atoms with Crippen molar-refractivity contribution in [3.63, 3.8) is 0 Å². The van der Waals surface area contributed by atoms with Gasteiger partial charge in [-0.05, 0) is 42.1 Å². The molecule has 0 saturated heterocycles. The maximum Gasteiger partial charge on any atom is 0.363 e. The van der Waals surface area contributed by atoms with E-state index in [0.717, 1.165) is 4.88 Å². The predicted molar refractivity (Wildman–Crippen MR) is 100 cm³/mol. The van der Waals surface area contributed by atoms with E-state index in [-0.39, 0.29) is 18.9 Å². The molecule has 0 atom stereocenters. The Kier molecular flexibility index (Phi) is 5.87. The Morgan fingerprint density at radius 3 is 2.85 bits per heavy atom. The van der Waals surface area contributed by atoms with Crippen LogP contribution in [-0.4, -0.2) is 38.2 Å². The Morgan fingerprint density at radius 1 is 1.30 bits per heavy atom. The van der Waals surface area contributed by atoms with Gasteiger partial charge in [0.2, 0.25) is 5.90 Å². The maximum atomic E-state index is 12.0. The number of benzene rings is 1. The van der Waals surface area contributed by atoms with Crippen LogP contribution in [-0.2, 0) is 19.1 Å². The number of thiophene rings is 1. The number of methoxy groups -OCH3 is 1. The van der Waals surface area contributed by atoms with E-state index in [4.69, 9.17) is 18.9 Å². The van der Waals surface area contributed by atoms with Crippen LogP contribution < -0.4 is 9.47 Å². The molecule has 0 fully saturated rings. The molecule has 0 radical (unpaired) electrons. The number of carbonyl (C=O) groups is 2. The molecule has 0 saturated carbocycles. The number of nitrogens with zero attached hydrogens (tertiary/aromatic N) is 1. The molecule has 1 aromatic carbocycles. The first-order valence-electron chi connectivity index (χ1n) is 8.13. The van der Waals surface area contributed by atoms with Gasteiger partial charge in [0.1, 0.15) is 0 Å². The average molecular weight is 387 g/mol. The number of ether oxygens (including phenoxy) is 4. The highest BCUT2D eigenvalue weighted by atomic mass is 32.1. The predicted octanol–water partition coefficient (Wildman–Crippen LogP) is 3.04. The Bertz CT molecular complexity index is 901. The lowest BCUT2D eigenvalue weighted by Crippen LogP contribution is -2.14. The number of hydrogen-bond acceptors (Lipinski definition) is 8. The van der Waals surface area contributed by atoms with E-state index in [1.807, 2.05) is 17.5 Å². The molecule has 2 heterocycles. The van der Waals surface area contributed by atoms with Gasteiger partial charge in [-0.1, -0.05) is 12.1 Å². The molecule has 8 heteroatoms. The quantitative estimate of drug-likeness (QED) is 0.536. The van der Waals surface area contributed by atoms with Crippen molar-refractivity contribution in [3.05, 3.63) is 51.8 Å². The maximum absolute atomic E-state index is 12.0. The van der Waals surface area contributed by atoms with E-state index in [1.165, 1.54) is 18.4 Å². The third-order valence-electron chi connectivity index (χ3n) is 3.49. The smallest absolute Gasteiger partial charge is 0.363 e. The zero-order chi connectivity index (χ0) is 19.2. The van der Waals surface area contributed by atoms with Crippen LogP contribution in [0.1, 0.15) is 17.4 Å². The van der Waals surface area contributed by atoms with Gasteiger partial charge in [0, 0.05) is 0 Å². The van der Waals surface area contributed by atoms with Gasteiger partial charge < -0.3 is 18.9 Å². The topological polar surface area (TPSA) is 83.4 Å². The van der Waals surface area contributed by atoms with Crippen molar-refractivity contribution in [2.45, 2.75) is 6.92 Å². The van der Waals surface area contributed by atoms with Crippen LogP contribution in [0.4, 0.5) is 0 Å². The first-order chi connectivity index (χ1) is 13.1. The Hall–Kier alpha value is -3.13. The van der Waals surface area contributed by atoms with Gasteiger partial charge in [-0.2, -0.15) is 0 Å². The van der Waals surface area contributed by atoms with E-state index in [2.05, 4.69) is 4.99 Å². The van der Waals surface area contributed by atoms with Crippen LogP contribution in [0, 0.1) is 0 Å². The number of rotatable bonds is 7. The lowest BCUT2D eigenvalue weighted by Gasteiger charge is -2.10. The van der Waals surface area contributed by atoms with Gasteiger partial charge in [0.15, 0.2) is 23.8 Å². The molecular formula is C19H17NO6S. The van der Waals surface area contributed by atoms with Crippen LogP contribution in [0.2, 0.25) is 0 Å². The van der Waals surface area contributed by atoms with Gasteiger partial charge in [-0.3, -0.25) is 0 Å². The molecule has 27 heavy (non-hydrogen) atoms. The molecule has 2 aromatic rings. The van der Waals surface area contributed by atoms with Crippen molar-refractivity contribution in [1.29, 1.82) is 0 Å². The average Bonchev–Trinajstić information content (AvgIpc) is 3.31. The molecule has 0 unspecified atom stereocenters. The van der Waals surface area contributed by atoms with Crippen molar-refractivity contribution in [1.82, 2.24) is 0 Å². The summed E-state index contributed by atoms with van der Waals surface area (Å²) < 4.78 is 20.7. The summed E-state index contributed by atoms with van der Waals surface area (Å²) in [5.74, 6) is 0.129. The molecule has 0 amide bonds. The zero-order valence-corrected chi connectivity index (χ0v) is 15.6. The number of hydrogen-bond donors (Lipinski definition) is 0. The van der Waals surface area contributed by atoms with E-state index in [0.29, 0.717) is 23.0 Å². The molecule has 3 rings (SSSR count).